The van der Waals surface area contributed by atoms with Crippen molar-refractivity contribution in [3.05, 3.63) is 34.3 Å². The molecule has 0 amide bonds. The fourth-order valence-corrected chi connectivity index (χ4v) is 4.16. The van der Waals surface area contributed by atoms with Crippen LogP contribution in [0.1, 0.15) is 24.8 Å². The summed E-state index contributed by atoms with van der Waals surface area (Å²) in [5.41, 5.74) is 7.47. The molecule has 1 fully saturated rings. The molecule has 1 heterocycles. The van der Waals surface area contributed by atoms with Crippen molar-refractivity contribution in [2.24, 2.45) is 11.7 Å². The van der Waals surface area contributed by atoms with E-state index in [9.17, 15) is 8.42 Å². The molecule has 0 aromatic heterocycles. The molecule has 1 saturated heterocycles. The molecule has 2 N–H and O–H groups in total. The zero-order valence-electron chi connectivity index (χ0n) is 12.3. The lowest BCUT2D eigenvalue weighted by atomic mass is 9.90. The number of benzene rings is 1. The molecule has 1 aromatic rings. The topological polar surface area (TPSA) is 63.4 Å². The van der Waals surface area contributed by atoms with Gasteiger partial charge in [-0.15, -0.1) is 0 Å². The fourth-order valence-electron chi connectivity index (χ4n) is 2.96. The maximum atomic E-state index is 11.6. The van der Waals surface area contributed by atoms with E-state index in [1.54, 1.807) is 4.31 Å². The van der Waals surface area contributed by atoms with E-state index in [1.807, 2.05) is 12.1 Å². The van der Waals surface area contributed by atoms with Gasteiger partial charge in [-0.05, 0) is 49.3 Å². The molecule has 2 unspecified atom stereocenters. The Bertz CT molecular complexity index is 560. The van der Waals surface area contributed by atoms with E-state index < -0.39 is 10.0 Å². The minimum absolute atomic E-state index is 0.0793. The predicted molar refractivity (Wildman–Crippen MR) is 89.6 cm³/mol. The molecular formula is C15H23BrN2O2S. The molecule has 0 bridgehead atoms. The first-order valence-corrected chi connectivity index (χ1v) is 9.94. The Balaban J connectivity index is 1.87. The molecule has 1 aliphatic heterocycles. The van der Waals surface area contributed by atoms with Crippen LogP contribution in [-0.4, -0.2) is 38.1 Å². The van der Waals surface area contributed by atoms with Gasteiger partial charge < -0.3 is 5.73 Å². The van der Waals surface area contributed by atoms with Crippen LogP contribution in [0, 0.1) is 5.92 Å². The molecule has 1 aliphatic rings. The Morgan fingerprint density at radius 2 is 2.05 bits per heavy atom. The van der Waals surface area contributed by atoms with Crippen molar-refractivity contribution < 1.29 is 8.42 Å². The first kappa shape index (κ1) is 16.9. The summed E-state index contributed by atoms with van der Waals surface area (Å²) in [6.07, 6.45) is 5.00. The second-order valence-electron chi connectivity index (χ2n) is 5.96. The smallest absolute Gasteiger partial charge is 0.211 e. The standard InChI is InChI=1S/C15H23BrN2O2S/c1-21(19,20)18-8-2-3-13(11-18)10-15(17)9-12-4-6-14(16)7-5-12/h4-7,13,15H,2-3,8-11,17H2,1H3. The van der Waals surface area contributed by atoms with Crippen LogP contribution in [0.25, 0.3) is 0 Å². The summed E-state index contributed by atoms with van der Waals surface area (Å²) >= 11 is 3.42. The number of halogens is 1. The van der Waals surface area contributed by atoms with Crippen LogP contribution in [-0.2, 0) is 16.4 Å². The average molecular weight is 375 g/mol. The van der Waals surface area contributed by atoms with Crippen molar-refractivity contribution >= 4 is 26.0 Å². The molecule has 2 rings (SSSR count). The summed E-state index contributed by atoms with van der Waals surface area (Å²) in [5, 5.41) is 0. The van der Waals surface area contributed by atoms with Crippen molar-refractivity contribution in [3.8, 4) is 0 Å². The fraction of sp³-hybridized carbons (Fsp3) is 0.600. The highest BCUT2D eigenvalue weighted by atomic mass is 79.9. The Hall–Kier alpha value is -0.430. The van der Waals surface area contributed by atoms with Gasteiger partial charge >= 0.3 is 0 Å². The number of hydrogen-bond donors (Lipinski definition) is 1. The highest BCUT2D eigenvalue weighted by molar-refractivity contribution is 9.10. The molecule has 0 saturated carbocycles. The number of piperidine rings is 1. The lowest BCUT2D eigenvalue weighted by molar-refractivity contribution is 0.246. The van der Waals surface area contributed by atoms with Crippen LogP contribution in [0.2, 0.25) is 0 Å². The molecule has 1 aromatic carbocycles. The number of hydrogen-bond acceptors (Lipinski definition) is 3. The maximum absolute atomic E-state index is 11.6. The first-order chi connectivity index (χ1) is 9.84. The largest absolute Gasteiger partial charge is 0.327 e. The first-order valence-electron chi connectivity index (χ1n) is 7.30. The third-order valence-corrected chi connectivity index (χ3v) is 5.80. The summed E-state index contributed by atoms with van der Waals surface area (Å²) in [4.78, 5) is 0. The number of sulfonamides is 1. The zero-order valence-corrected chi connectivity index (χ0v) is 14.7. The molecule has 2 atom stereocenters. The molecule has 0 radical (unpaired) electrons. The lowest BCUT2D eigenvalue weighted by Gasteiger charge is -2.32. The normalized spacial score (nSPS) is 22.1. The van der Waals surface area contributed by atoms with Crippen LogP contribution >= 0.6 is 15.9 Å². The quantitative estimate of drug-likeness (QED) is 0.860. The number of nitrogens with two attached hydrogens (primary N) is 1. The van der Waals surface area contributed by atoms with Crippen molar-refractivity contribution in [1.29, 1.82) is 0 Å². The van der Waals surface area contributed by atoms with Gasteiger partial charge in [-0.1, -0.05) is 28.1 Å². The van der Waals surface area contributed by atoms with E-state index >= 15 is 0 Å². The monoisotopic (exact) mass is 374 g/mol. The summed E-state index contributed by atoms with van der Waals surface area (Å²) in [5.74, 6) is 0.374. The molecular weight excluding hydrogens is 352 g/mol. The van der Waals surface area contributed by atoms with Crippen molar-refractivity contribution in [1.82, 2.24) is 4.31 Å². The highest BCUT2D eigenvalue weighted by Gasteiger charge is 2.26. The van der Waals surface area contributed by atoms with Gasteiger partial charge in [-0.2, -0.15) is 0 Å². The molecule has 118 valence electrons. The van der Waals surface area contributed by atoms with Crippen molar-refractivity contribution in [3.63, 3.8) is 0 Å². The van der Waals surface area contributed by atoms with Gasteiger partial charge in [0, 0.05) is 23.6 Å². The van der Waals surface area contributed by atoms with E-state index in [1.165, 1.54) is 11.8 Å². The minimum Gasteiger partial charge on any atom is -0.327 e. The molecule has 21 heavy (non-hydrogen) atoms. The van der Waals surface area contributed by atoms with E-state index in [2.05, 4.69) is 28.1 Å². The Kier molecular flexibility index (Phi) is 5.82. The minimum atomic E-state index is -3.07. The van der Waals surface area contributed by atoms with Crippen molar-refractivity contribution in [2.75, 3.05) is 19.3 Å². The third-order valence-electron chi connectivity index (χ3n) is 4.00. The Morgan fingerprint density at radius 1 is 1.38 bits per heavy atom. The SMILES string of the molecule is CS(=O)(=O)N1CCCC(CC(N)Cc2ccc(Br)cc2)C1. The van der Waals surface area contributed by atoms with Crippen LogP contribution in [0.15, 0.2) is 28.7 Å². The summed E-state index contributed by atoms with van der Waals surface area (Å²) in [7, 11) is -3.07. The van der Waals surface area contributed by atoms with Gasteiger partial charge in [0.05, 0.1) is 6.26 Å². The van der Waals surface area contributed by atoms with Crippen LogP contribution in [0.4, 0.5) is 0 Å². The van der Waals surface area contributed by atoms with E-state index in [4.69, 9.17) is 5.73 Å². The van der Waals surface area contributed by atoms with Gasteiger partial charge in [0.25, 0.3) is 0 Å². The molecule has 0 aliphatic carbocycles. The molecule has 6 heteroatoms. The second-order valence-corrected chi connectivity index (χ2v) is 8.85. The Morgan fingerprint density at radius 3 is 2.67 bits per heavy atom. The van der Waals surface area contributed by atoms with Gasteiger partial charge in [0.1, 0.15) is 0 Å². The van der Waals surface area contributed by atoms with Gasteiger partial charge in [-0.3, -0.25) is 0 Å². The third kappa shape index (κ3) is 5.36. The van der Waals surface area contributed by atoms with Gasteiger partial charge in [0.2, 0.25) is 10.0 Å². The Labute approximate surface area is 135 Å². The summed E-state index contributed by atoms with van der Waals surface area (Å²) < 4.78 is 25.9. The second kappa shape index (κ2) is 7.22. The predicted octanol–water partition coefficient (Wildman–Crippen LogP) is 2.38. The maximum Gasteiger partial charge on any atom is 0.211 e. The lowest BCUT2D eigenvalue weighted by Crippen LogP contribution is -2.41. The average Bonchev–Trinajstić information content (AvgIpc) is 2.41. The zero-order chi connectivity index (χ0) is 15.5. The van der Waals surface area contributed by atoms with E-state index in [-0.39, 0.29) is 6.04 Å². The van der Waals surface area contributed by atoms with Crippen LogP contribution < -0.4 is 5.73 Å². The summed E-state index contributed by atoms with van der Waals surface area (Å²) in [6, 6.07) is 8.28. The van der Waals surface area contributed by atoms with E-state index in [0.29, 0.717) is 19.0 Å². The van der Waals surface area contributed by atoms with Gasteiger partial charge in [0.15, 0.2) is 0 Å². The molecule has 0 spiro atoms. The van der Waals surface area contributed by atoms with Gasteiger partial charge in [-0.25, -0.2) is 12.7 Å². The molecule has 4 nitrogen and oxygen atoms in total. The van der Waals surface area contributed by atoms with Crippen LogP contribution in [0.5, 0.6) is 0 Å². The highest BCUT2D eigenvalue weighted by Crippen LogP contribution is 2.23. The number of rotatable bonds is 5. The number of nitrogens with zero attached hydrogens (tertiary/aromatic N) is 1. The van der Waals surface area contributed by atoms with Crippen LogP contribution in [0.3, 0.4) is 0 Å². The van der Waals surface area contributed by atoms with E-state index in [0.717, 1.165) is 30.2 Å². The summed E-state index contributed by atoms with van der Waals surface area (Å²) in [6.45, 7) is 1.27. The van der Waals surface area contributed by atoms with Crippen molar-refractivity contribution in [2.45, 2.75) is 31.7 Å².